The number of H-pyrrole nitrogens is 1. The van der Waals surface area contributed by atoms with E-state index < -0.39 is 15.6 Å². The summed E-state index contributed by atoms with van der Waals surface area (Å²) < 4.78 is 24.9. The normalized spacial score (nSPS) is 21.9. The number of nitrogens with one attached hydrogen (secondary N) is 1. The van der Waals surface area contributed by atoms with E-state index in [1.54, 1.807) is 0 Å². The van der Waals surface area contributed by atoms with Crippen LogP contribution < -0.4 is 5.73 Å². The van der Waals surface area contributed by atoms with Gasteiger partial charge in [-0.15, -0.1) is 0 Å². The van der Waals surface area contributed by atoms with E-state index in [0.717, 1.165) is 0 Å². The first-order chi connectivity index (χ1) is 6.42. The summed E-state index contributed by atoms with van der Waals surface area (Å²) in [5.41, 5.74) is 5.33. The van der Waals surface area contributed by atoms with E-state index in [-0.39, 0.29) is 5.03 Å². The van der Waals surface area contributed by atoms with Gasteiger partial charge in [0.25, 0.3) is 10.0 Å². The van der Waals surface area contributed by atoms with Gasteiger partial charge in [0, 0.05) is 18.6 Å². The molecular weight excluding hydrogens is 204 g/mol. The molecule has 0 spiro atoms. The van der Waals surface area contributed by atoms with Crippen molar-refractivity contribution in [2.45, 2.75) is 17.5 Å². The smallest absolute Gasteiger partial charge is 0.260 e. The molecule has 0 bridgehead atoms. The summed E-state index contributed by atoms with van der Waals surface area (Å²) >= 11 is 0. The van der Waals surface area contributed by atoms with Gasteiger partial charge in [0.1, 0.15) is 0 Å². The van der Waals surface area contributed by atoms with Crippen molar-refractivity contribution in [3.05, 3.63) is 12.5 Å². The zero-order valence-electron chi connectivity index (χ0n) is 7.77. The van der Waals surface area contributed by atoms with Gasteiger partial charge in [0.15, 0.2) is 5.03 Å². The zero-order valence-corrected chi connectivity index (χ0v) is 8.58. The SMILES string of the molecule is CC1(N)CN(S(=O)(=O)c2cnc[nH]2)C1. The van der Waals surface area contributed by atoms with E-state index >= 15 is 0 Å². The van der Waals surface area contributed by atoms with Crippen LogP contribution in [0.25, 0.3) is 0 Å². The molecule has 78 valence electrons. The Morgan fingerprint density at radius 1 is 1.64 bits per heavy atom. The molecule has 0 radical (unpaired) electrons. The van der Waals surface area contributed by atoms with E-state index in [4.69, 9.17) is 5.73 Å². The first-order valence-corrected chi connectivity index (χ1v) is 5.63. The van der Waals surface area contributed by atoms with Crippen LogP contribution in [-0.2, 0) is 10.0 Å². The highest BCUT2D eigenvalue weighted by molar-refractivity contribution is 7.89. The van der Waals surface area contributed by atoms with Gasteiger partial charge >= 0.3 is 0 Å². The number of aromatic nitrogens is 2. The maximum absolute atomic E-state index is 11.8. The van der Waals surface area contributed by atoms with Gasteiger partial charge in [0.2, 0.25) is 0 Å². The van der Waals surface area contributed by atoms with Crippen molar-refractivity contribution in [1.29, 1.82) is 0 Å². The fraction of sp³-hybridized carbons (Fsp3) is 0.571. The molecule has 0 aromatic carbocycles. The summed E-state index contributed by atoms with van der Waals surface area (Å²) in [4.78, 5) is 6.25. The van der Waals surface area contributed by atoms with Crippen LogP contribution in [0.5, 0.6) is 0 Å². The van der Waals surface area contributed by atoms with Crippen LogP contribution in [0, 0.1) is 0 Å². The molecule has 1 fully saturated rings. The highest BCUT2D eigenvalue weighted by atomic mass is 32.2. The molecule has 1 aliphatic rings. The molecule has 0 atom stereocenters. The Kier molecular flexibility index (Phi) is 1.91. The lowest BCUT2D eigenvalue weighted by molar-refractivity contribution is 0.176. The molecule has 0 aliphatic carbocycles. The van der Waals surface area contributed by atoms with Crippen LogP contribution in [0.3, 0.4) is 0 Å². The minimum atomic E-state index is -3.39. The second-order valence-electron chi connectivity index (χ2n) is 3.84. The topological polar surface area (TPSA) is 92.1 Å². The number of rotatable bonds is 2. The Hall–Kier alpha value is -0.920. The Labute approximate surface area is 82.2 Å². The Bertz CT molecular complexity index is 415. The molecule has 1 aromatic heterocycles. The number of sulfonamides is 1. The summed E-state index contributed by atoms with van der Waals surface area (Å²) in [6.45, 7) is 2.54. The Morgan fingerprint density at radius 2 is 2.29 bits per heavy atom. The molecule has 1 saturated heterocycles. The predicted octanol–water partition coefficient (Wildman–Crippen LogP) is -0.869. The van der Waals surface area contributed by atoms with E-state index in [2.05, 4.69) is 9.97 Å². The van der Waals surface area contributed by atoms with Crippen LogP contribution in [-0.4, -0.2) is 41.3 Å². The fourth-order valence-electron chi connectivity index (χ4n) is 1.45. The Morgan fingerprint density at radius 3 is 2.71 bits per heavy atom. The molecule has 0 amide bonds. The van der Waals surface area contributed by atoms with Gasteiger partial charge in [0.05, 0.1) is 12.5 Å². The van der Waals surface area contributed by atoms with Gasteiger partial charge in [-0.05, 0) is 6.92 Å². The van der Waals surface area contributed by atoms with E-state index in [0.29, 0.717) is 13.1 Å². The molecule has 0 unspecified atom stereocenters. The molecule has 2 rings (SSSR count). The maximum atomic E-state index is 11.8. The van der Waals surface area contributed by atoms with Gasteiger partial charge < -0.3 is 10.7 Å². The number of imidazole rings is 1. The second kappa shape index (κ2) is 2.78. The van der Waals surface area contributed by atoms with Crippen LogP contribution in [0.1, 0.15) is 6.92 Å². The lowest BCUT2D eigenvalue weighted by Crippen LogP contribution is -2.66. The summed E-state index contributed by atoms with van der Waals surface area (Å²) in [6.07, 6.45) is 2.63. The standard InChI is InChI=1S/C7H12N4O2S/c1-7(8)3-11(4-7)14(12,13)6-2-9-5-10-6/h2,5H,3-4,8H2,1H3,(H,9,10). The molecule has 14 heavy (non-hydrogen) atoms. The highest BCUT2D eigenvalue weighted by Gasteiger charge is 2.42. The molecule has 6 nitrogen and oxygen atoms in total. The third-order valence-electron chi connectivity index (χ3n) is 2.17. The minimum Gasteiger partial charge on any atom is -0.335 e. The number of hydrogen-bond donors (Lipinski definition) is 2. The maximum Gasteiger partial charge on any atom is 0.260 e. The van der Waals surface area contributed by atoms with Crippen molar-refractivity contribution in [2.24, 2.45) is 5.73 Å². The molecule has 1 aliphatic heterocycles. The first kappa shape index (κ1) is 9.63. The second-order valence-corrected chi connectivity index (χ2v) is 5.75. The average molecular weight is 216 g/mol. The van der Waals surface area contributed by atoms with E-state index in [1.807, 2.05) is 6.92 Å². The number of nitrogens with zero attached hydrogens (tertiary/aromatic N) is 2. The minimum absolute atomic E-state index is 0.119. The lowest BCUT2D eigenvalue weighted by Gasteiger charge is -2.43. The first-order valence-electron chi connectivity index (χ1n) is 4.19. The third-order valence-corrected chi connectivity index (χ3v) is 3.88. The van der Waals surface area contributed by atoms with Gasteiger partial charge in [-0.1, -0.05) is 0 Å². The Balaban J connectivity index is 2.21. The number of nitrogens with two attached hydrogens (primary N) is 1. The number of aromatic amines is 1. The quantitative estimate of drug-likeness (QED) is 0.672. The van der Waals surface area contributed by atoms with E-state index in [9.17, 15) is 8.42 Å². The average Bonchev–Trinajstić information content (AvgIpc) is 2.51. The van der Waals surface area contributed by atoms with Gasteiger partial charge in [-0.3, -0.25) is 0 Å². The molecular formula is C7H12N4O2S. The molecule has 0 saturated carbocycles. The van der Waals surface area contributed by atoms with Crippen LogP contribution in [0.4, 0.5) is 0 Å². The van der Waals surface area contributed by atoms with E-state index in [1.165, 1.54) is 16.8 Å². The molecule has 7 heteroatoms. The number of hydrogen-bond acceptors (Lipinski definition) is 4. The van der Waals surface area contributed by atoms with Crippen molar-refractivity contribution < 1.29 is 8.42 Å². The molecule has 3 N–H and O–H groups in total. The summed E-state index contributed by atoms with van der Waals surface area (Å²) in [5, 5.41) is 0.119. The molecule has 2 heterocycles. The molecule has 1 aromatic rings. The largest absolute Gasteiger partial charge is 0.335 e. The summed E-state index contributed by atoms with van der Waals surface area (Å²) in [7, 11) is -3.39. The summed E-state index contributed by atoms with van der Waals surface area (Å²) in [6, 6.07) is 0. The zero-order chi connectivity index (χ0) is 10.4. The van der Waals surface area contributed by atoms with Crippen LogP contribution in [0.15, 0.2) is 17.6 Å². The monoisotopic (exact) mass is 216 g/mol. The fourth-order valence-corrected chi connectivity index (χ4v) is 3.06. The third kappa shape index (κ3) is 1.43. The predicted molar refractivity (Wildman–Crippen MR) is 49.9 cm³/mol. The van der Waals surface area contributed by atoms with Crippen molar-refractivity contribution in [3.63, 3.8) is 0 Å². The van der Waals surface area contributed by atoms with Crippen molar-refractivity contribution in [3.8, 4) is 0 Å². The van der Waals surface area contributed by atoms with Gasteiger partial charge in [-0.25, -0.2) is 13.4 Å². The lowest BCUT2D eigenvalue weighted by atomic mass is 9.97. The summed E-state index contributed by atoms with van der Waals surface area (Å²) in [5.74, 6) is 0. The highest BCUT2D eigenvalue weighted by Crippen LogP contribution is 2.24. The van der Waals surface area contributed by atoms with Crippen molar-refractivity contribution in [2.75, 3.05) is 13.1 Å². The van der Waals surface area contributed by atoms with Crippen molar-refractivity contribution in [1.82, 2.24) is 14.3 Å². The van der Waals surface area contributed by atoms with Gasteiger partial charge in [-0.2, -0.15) is 4.31 Å². The van der Waals surface area contributed by atoms with Crippen LogP contribution in [0.2, 0.25) is 0 Å². The van der Waals surface area contributed by atoms with Crippen LogP contribution >= 0.6 is 0 Å². The van der Waals surface area contributed by atoms with Crippen molar-refractivity contribution >= 4 is 10.0 Å².